The topological polar surface area (TPSA) is 110 Å². The van der Waals surface area contributed by atoms with Gasteiger partial charge in [-0.3, -0.25) is 14.6 Å². The average Bonchev–Trinajstić information content (AvgIpc) is 3.27. The first-order valence-corrected chi connectivity index (χ1v) is 11.9. The van der Waals surface area contributed by atoms with Gasteiger partial charge in [0, 0.05) is 41.7 Å². The van der Waals surface area contributed by atoms with Crippen molar-refractivity contribution in [1.82, 2.24) is 10.3 Å². The monoisotopic (exact) mass is 509 g/mol. The summed E-state index contributed by atoms with van der Waals surface area (Å²) in [6.07, 6.45) is 1.86. The van der Waals surface area contributed by atoms with Gasteiger partial charge in [0.1, 0.15) is 29.6 Å². The summed E-state index contributed by atoms with van der Waals surface area (Å²) in [5.74, 6) is -1.43. The van der Waals surface area contributed by atoms with Crippen LogP contribution in [-0.4, -0.2) is 46.8 Å². The van der Waals surface area contributed by atoms with Gasteiger partial charge in [-0.25, -0.2) is 8.78 Å². The van der Waals surface area contributed by atoms with E-state index >= 15 is 0 Å². The molecule has 1 aromatic heterocycles. The SMILES string of the molecule is O=C(C[C@@H]1C[C@H]2c3cc(NC(=O)c4cccnc4)ccc3O[C@H]2[C@H](CO)O1)NCc1cc(F)ccc1F. The maximum Gasteiger partial charge on any atom is 0.257 e. The second-order valence-electron chi connectivity index (χ2n) is 9.07. The Balaban J connectivity index is 1.26. The molecule has 0 unspecified atom stereocenters. The van der Waals surface area contributed by atoms with Crippen molar-refractivity contribution < 1.29 is 33.0 Å². The van der Waals surface area contributed by atoms with Gasteiger partial charge in [0.05, 0.1) is 24.7 Å². The molecule has 2 aliphatic heterocycles. The standard InChI is InChI=1S/C27H25F2N3O5/c28-17-3-5-22(29)16(8-17)13-31-25(34)11-19-10-21-20-9-18(32-27(35)15-2-1-7-30-12-15)4-6-23(20)37-26(21)24(14-33)36-19/h1-9,12,19,21,24,26,33H,10-11,13-14H2,(H,31,34)(H,32,35)/t19-,21-,24-,26+/m0/s1. The molecule has 0 radical (unpaired) electrons. The zero-order chi connectivity index (χ0) is 25.9. The summed E-state index contributed by atoms with van der Waals surface area (Å²) >= 11 is 0. The van der Waals surface area contributed by atoms with Crippen molar-refractivity contribution in [1.29, 1.82) is 0 Å². The van der Waals surface area contributed by atoms with Crippen LogP contribution in [0.5, 0.6) is 5.75 Å². The second-order valence-corrected chi connectivity index (χ2v) is 9.07. The molecule has 3 heterocycles. The number of ether oxygens (including phenoxy) is 2. The van der Waals surface area contributed by atoms with E-state index in [0.717, 1.165) is 23.8 Å². The Morgan fingerprint density at radius 2 is 2.00 bits per heavy atom. The molecule has 2 aromatic carbocycles. The predicted octanol–water partition coefficient (Wildman–Crippen LogP) is 3.31. The quantitative estimate of drug-likeness (QED) is 0.451. The molecule has 0 spiro atoms. The smallest absolute Gasteiger partial charge is 0.257 e. The van der Waals surface area contributed by atoms with Crippen LogP contribution < -0.4 is 15.4 Å². The number of nitrogens with one attached hydrogen (secondary N) is 2. The van der Waals surface area contributed by atoms with Crippen LogP contribution in [0.3, 0.4) is 0 Å². The van der Waals surface area contributed by atoms with E-state index in [2.05, 4.69) is 15.6 Å². The number of carbonyl (C=O) groups is 2. The number of amides is 2. The van der Waals surface area contributed by atoms with Crippen LogP contribution in [-0.2, 0) is 16.1 Å². The number of hydrogen-bond acceptors (Lipinski definition) is 6. The highest BCUT2D eigenvalue weighted by atomic mass is 19.1. The Morgan fingerprint density at radius 1 is 1.14 bits per heavy atom. The third-order valence-corrected chi connectivity index (χ3v) is 6.58. The van der Waals surface area contributed by atoms with Gasteiger partial charge in [-0.05, 0) is 55.0 Å². The fraction of sp³-hybridized carbons (Fsp3) is 0.296. The molecule has 5 rings (SSSR count). The molecule has 10 heteroatoms. The molecule has 4 atom stereocenters. The Labute approximate surface area is 211 Å². The number of rotatable bonds is 7. The third kappa shape index (κ3) is 5.45. The minimum Gasteiger partial charge on any atom is -0.487 e. The van der Waals surface area contributed by atoms with Gasteiger partial charge >= 0.3 is 0 Å². The maximum absolute atomic E-state index is 13.9. The molecule has 0 aliphatic carbocycles. The average molecular weight is 510 g/mol. The van der Waals surface area contributed by atoms with E-state index in [1.165, 1.54) is 6.20 Å². The summed E-state index contributed by atoms with van der Waals surface area (Å²) in [4.78, 5) is 29.1. The van der Waals surface area contributed by atoms with Gasteiger partial charge in [-0.1, -0.05) is 0 Å². The van der Waals surface area contributed by atoms with Crippen molar-refractivity contribution in [3.63, 3.8) is 0 Å². The number of carbonyl (C=O) groups excluding carboxylic acids is 2. The zero-order valence-corrected chi connectivity index (χ0v) is 19.7. The van der Waals surface area contributed by atoms with Crippen LogP contribution in [0.25, 0.3) is 0 Å². The van der Waals surface area contributed by atoms with Gasteiger partial charge in [0.15, 0.2) is 0 Å². The van der Waals surface area contributed by atoms with Crippen molar-refractivity contribution in [2.75, 3.05) is 11.9 Å². The molecule has 37 heavy (non-hydrogen) atoms. The van der Waals surface area contributed by atoms with E-state index in [4.69, 9.17) is 9.47 Å². The Bertz CT molecular complexity index is 1310. The first-order valence-electron chi connectivity index (χ1n) is 11.9. The Morgan fingerprint density at radius 3 is 2.78 bits per heavy atom. The normalized spacial score (nSPS) is 21.9. The minimum atomic E-state index is -0.655. The van der Waals surface area contributed by atoms with Crippen LogP contribution in [0.15, 0.2) is 60.9 Å². The molecule has 2 aliphatic rings. The number of aliphatic hydroxyl groups is 1. The predicted molar refractivity (Wildman–Crippen MR) is 129 cm³/mol. The minimum absolute atomic E-state index is 0.0244. The van der Waals surface area contributed by atoms with E-state index in [1.807, 2.05) is 6.07 Å². The van der Waals surface area contributed by atoms with Crippen molar-refractivity contribution in [2.24, 2.45) is 0 Å². The summed E-state index contributed by atoms with van der Waals surface area (Å²) < 4.78 is 39.3. The maximum atomic E-state index is 13.9. The number of pyridine rings is 1. The van der Waals surface area contributed by atoms with Crippen molar-refractivity contribution in [3.8, 4) is 5.75 Å². The molecule has 3 aromatic rings. The van der Waals surface area contributed by atoms with Crippen LogP contribution in [0, 0.1) is 11.6 Å². The number of aliphatic hydroxyl groups excluding tert-OH is 1. The Kier molecular flexibility index (Phi) is 7.11. The lowest BCUT2D eigenvalue weighted by atomic mass is 9.84. The van der Waals surface area contributed by atoms with Gasteiger partial charge in [-0.2, -0.15) is 0 Å². The summed E-state index contributed by atoms with van der Waals surface area (Å²) in [5, 5.41) is 15.4. The number of aromatic nitrogens is 1. The first kappa shape index (κ1) is 24.8. The van der Waals surface area contributed by atoms with Crippen molar-refractivity contribution in [2.45, 2.75) is 43.6 Å². The molecule has 0 bridgehead atoms. The molecular weight excluding hydrogens is 484 g/mol. The number of halogens is 2. The lowest BCUT2D eigenvalue weighted by Crippen LogP contribution is -2.47. The molecule has 8 nitrogen and oxygen atoms in total. The lowest BCUT2D eigenvalue weighted by molar-refractivity contribution is -0.142. The van der Waals surface area contributed by atoms with Gasteiger partial charge in [0.2, 0.25) is 5.91 Å². The third-order valence-electron chi connectivity index (χ3n) is 6.58. The van der Waals surface area contributed by atoms with Crippen LogP contribution >= 0.6 is 0 Å². The number of fused-ring (bicyclic) bond motifs is 3. The molecule has 0 saturated carbocycles. The van der Waals surface area contributed by atoms with Crippen LogP contribution in [0.2, 0.25) is 0 Å². The van der Waals surface area contributed by atoms with Crippen LogP contribution in [0.4, 0.5) is 14.5 Å². The van der Waals surface area contributed by atoms with E-state index in [1.54, 1.807) is 30.5 Å². The Hall–Kier alpha value is -3.89. The zero-order valence-electron chi connectivity index (χ0n) is 19.7. The lowest BCUT2D eigenvalue weighted by Gasteiger charge is -2.37. The van der Waals surface area contributed by atoms with Crippen LogP contribution in [0.1, 0.15) is 40.2 Å². The number of hydrogen-bond donors (Lipinski definition) is 3. The van der Waals surface area contributed by atoms with Crippen molar-refractivity contribution in [3.05, 3.63) is 89.2 Å². The van der Waals surface area contributed by atoms with Gasteiger partial charge in [0.25, 0.3) is 5.91 Å². The molecule has 3 N–H and O–H groups in total. The largest absolute Gasteiger partial charge is 0.487 e. The van der Waals surface area contributed by atoms with E-state index in [-0.39, 0.29) is 42.9 Å². The summed E-state index contributed by atoms with van der Waals surface area (Å²) in [7, 11) is 0. The number of anilines is 1. The number of nitrogens with zero attached hydrogens (tertiary/aromatic N) is 1. The van der Waals surface area contributed by atoms with Gasteiger partial charge < -0.3 is 25.2 Å². The molecule has 1 fully saturated rings. The fourth-order valence-electron chi connectivity index (χ4n) is 4.82. The molecular formula is C27H25F2N3O5. The highest BCUT2D eigenvalue weighted by Crippen LogP contribution is 2.47. The summed E-state index contributed by atoms with van der Waals surface area (Å²) in [6.45, 7) is -0.455. The number of benzene rings is 2. The fourth-order valence-corrected chi connectivity index (χ4v) is 4.82. The molecule has 1 saturated heterocycles. The first-order chi connectivity index (χ1) is 17.9. The van der Waals surface area contributed by atoms with Crippen molar-refractivity contribution >= 4 is 17.5 Å². The summed E-state index contributed by atoms with van der Waals surface area (Å²) in [5.41, 5.74) is 1.90. The second kappa shape index (κ2) is 10.6. The highest BCUT2D eigenvalue weighted by Gasteiger charge is 2.46. The van der Waals surface area contributed by atoms with Gasteiger partial charge in [-0.15, -0.1) is 0 Å². The highest BCUT2D eigenvalue weighted by molar-refractivity contribution is 6.04. The molecule has 2 amide bonds. The van der Waals surface area contributed by atoms with E-state index in [9.17, 15) is 23.5 Å². The summed E-state index contributed by atoms with van der Waals surface area (Å²) in [6, 6.07) is 11.7. The van der Waals surface area contributed by atoms with E-state index in [0.29, 0.717) is 23.4 Å². The molecule has 192 valence electrons. The van der Waals surface area contributed by atoms with E-state index < -0.39 is 29.9 Å².